The molecule has 0 spiro atoms. The standard InChI is InChI=1S/C15H22F2N2/c1-19(2)15(8-4-3-5-9-15)14(18)12-7-6-11(16)10-13(12)17/h6-7,10,14H,3-5,8-9,18H2,1-2H3. The van der Waals surface area contributed by atoms with E-state index in [0.29, 0.717) is 5.56 Å². The minimum atomic E-state index is -0.559. The summed E-state index contributed by atoms with van der Waals surface area (Å²) in [6.07, 6.45) is 5.33. The summed E-state index contributed by atoms with van der Waals surface area (Å²) in [7, 11) is 3.99. The number of nitrogens with zero attached hydrogens (tertiary/aromatic N) is 1. The highest BCUT2D eigenvalue weighted by Gasteiger charge is 2.41. The van der Waals surface area contributed by atoms with Crippen LogP contribution < -0.4 is 5.73 Å². The van der Waals surface area contributed by atoms with Crippen molar-refractivity contribution in [3.05, 3.63) is 35.4 Å². The average molecular weight is 268 g/mol. The molecule has 0 bridgehead atoms. The van der Waals surface area contributed by atoms with Gasteiger partial charge in [-0.3, -0.25) is 0 Å². The molecule has 1 saturated carbocycles. The summed E-state index contributed by atoms with van der Waals surface area (Å²) in [4.78, 5) is 2.11. The molecule has 0 aliphatic heterocycles. The van der Waals surface area contributed by atoms with Crippen LogP contribution in [0.4, 0.5) is 8.78 Å². The van der Waals surface area contributed by atoms with Crippen molar-refractivity contribution in [2.45, 2.75) is 43.7 Å². The van der Waals surface area contributed by atoms with Crippen molar-refractivity contribution in [1.82, 2.24) is 4.90 Å². The van der Waals surface area contributed by atoms with Crippen LogP contribution in [0.3, 0.4) is 0 Å². The molecule has 2 rings (SSSR count). The Morgan fingerprint density at radius 2 is 1.79 bits per heavy atom. The van der Waals surface area contributed by atoms with Crippen molar-refractivity contribution < 1.29 is 8.78 Å². The van der Waals surface area contributed by atoms with E-state index in [2.05, 4.69) is 4.90 Å². The van der Waals surface area contributed by atoms with E-state index < -0.39 is 17.7 Å². The SMILES string of the molecule is CN(C)C1(C(N)c2ccc(F)cc2F)CCCCC1. The van der Waals surface area contributed by atoms with Crippen molar-refractivity contribution in [3.63, 3.8) is 0 Å². The Labute approximate surface area is 113 Å². The first-order valence-electron chi connectivity index (χ1n) is 6.85. The zero-order valence-electron chi connectivity index (χ0n) is 11.6. The number of likely N-dealkylation sites (N-methyl/N-ethyl adjacent to an activating group) is 1. The first-order valence-corrected chi connectivity index (χ1v) is 6.85. The molecule has 1 aromatic rings. The summed E-state index contributed by atoms with van der Waals surface area (Å²) in [6.45, 7) is 0. The zero-order valence-corrected chi connectivity index (χ0v) is 11.6. The lowest BCUT2D eigenvalue weighted by molar-refractivity contribution is 0.0700. The third-order valence-electron chi connectivity index (χ3n) is 4.49. The molecule has 0 radical (unpaired) electrons. The van der Waals surface area contributed by atoms with E-state index in [1.165, 1.54) is 18.6 Å². The van der Waals surface area contributed by atoms with Crippen molar-refractivity contribution in [2.75, 3.05) is 14.1 Å². The summed E-state index contributed by atoms with van der Waals surface area (Å²) in [5.41, 5.74) is 6.54. The van der Waals surface area contributed by atoms with Gasteiger partial charge in [-0.25, -0.2) is 8.78 Å². The molecule has 1 fully saturated rings. The molecule has 0 aromatic heterocycles. The molecule has 2 nitrogen and oxygen atoms in total. The summed E-state index contributed by atoms with van der Waals surface area (Å²) in [6, 6.07) is 3.25. The van der Waals surface area contributed by atoms with Gasteiger partial charge in [0.15, 0.2) is 0 Å². The fraction of sp³-hybridized carbons (Fsp3) is 0.600. The highest BCUT2D eigenvalue weighted by Crippen LogP contribution is 2.41. The minimum Gasteiger partial charge on any atom is -0.322 e. The number of hydrogen-bond acceptors (Lipinski definition) is 2. The molecule has 1 atom stereocenters. The van der Waals surface area contributed by atoms with Crippen molar-refractivity contribution in [1.29, 1.82) is 0 Å². The van der Waals surface area contributed by atoms with Gasteiger partial charge in [0.1, 0.15) is 11.6 Å². The predicted molar refractivity (Wildman–Crippen MR) is 72.8 cm³/mol. The maximum atomic E-state index is 14.0. The first kappa shape index (κ1) is 14.4. The number of hydrogen-bond donors (Lipinski definition) is 1. The topological polar surface area (TPSA) is 29.3 Å². The molecule has 0 amide bonds. The number of nitrogens with two attached hydrogens (primary N) is 1. The Bertz CT molecular complexity index is 440. The van der Waals surface area contributed by atoms with Crippen LogP contribution in [0.2, 0.25) is 0 Å². The van der Waals surface area contributed by atoms with Gasteiger partial charge in [-0.2, -0.15) is 0 Å². The van der Waals surface area contributed by atoms with E-state index in [1.807, 2.05) is 14.1 Å². The van der Waals surface area contributed by atoms with Crippen LogP contribution in [0.25, 0.3) is 0 Å². The highest BCUT2D eigenvalue weighted by atomic mass is 19.1. The van der Waals surface area contributed by atoms with E-state index in [9.17, 15) is 8.78 Å². The Balaban J connectivity index is 2.36. The molecule has 0 saturated heterocycles. The summed E-state index contributed by atoms with van der Waals surface area (Å²) in [5, 5.41) is 0. The zero-order chi connectivity index (χ0) is 14.0. The lowest BCUT2D eigenvalue weighted by atomic mass is 9.73. The van der Waals surface area contributed by atoms with Crippen LogP contribution in [-0.2, 0) is 0 Å². The highest BCUT2D eigenvalue weighted by molar-refractivity contribution is 5.26. The van der Waals surface area contributed by atoms with Crippen molar-refractivity contribution in [2.24, 2.45) is 5.73 Å². The van der Waals surface area contributed by atoms with Gasteiger partial charge in [-0.15, -0.1) is 0 Å². The van der Waals surface area contributed by atoms with E-state index in [0.717, 1.165) is 31.7 Å². The first-order chi connectivity index (χ1) is 8.97. The Morgan fingerprint density at radius 1 is 1.16 bits per heavy atom. The van der Waals surface area contributed by atoms with Crippen LogP contribution in [-0.4, -0.2) is 24.5 Å². The Kier molecular flexibility index (Phi) is 4.21. The fourth-order valence-corrected chi connectivity index (χ4v) is 3.24. The smallest absolute Gasteiger partial charge is 0.130 e. The normalized spacial score (nSPS) is 20.5. The molecule has 0 heterocycles. The number of rotatable bonds is 3. The van der Waals surface area contributed by atoms with Gasteiger partial charge in [-0.1, -0.05) is 25.3 Å². The van der Waals surface area contributed by atoms with E-state index >= 15 is 0 Å². The van der Waals surface area contributed by atoms with Gasteiger partial charge >= 0.3 is 0 Å². The maximum Gasteiger partial charge on any atom is 0.130 e. The molecular formula is C15H22F2N2. The molecule has 19 heavy (non-hydrogen) atoms. The molecule has 4 heteroatoms. The summed E-state index contributed by atoms with van der Waals surface area (Å²) >= 11 is 0. The predicted octanol–water partition coefficient (Wildman–Crippen LogP) is 3.23. The average Bonchev–Trinajstić information content (AvgIpc) is 2.38. The van der Waals surface area contributed by atoms with Gasteiger partial charge in [-0.05, 0) is 33.0 Å². The Morgan fingerprint density at radius 3 is 2.32 bits per heavy atom. The third-order valence-corrected chi connectivity index (χ3v) is 4.49. The van der Waals surface area contributed by atoms with Crippen molar-refractivity contribution >= 4 is 0 Å². The second-order valence-electron chi connectivity index (χ2n) is 5.70. The molecule has 1 aliphatic rings. The summed E-state index contributed by atoms with van der Waals surface area (Å²) < 4.78 is 27.0. The number of halogens is 2. The molecule has 1 aliphatic carbocycles. The van der Waals surface area contributed by atoms with E-state index in [-0.39, 0.29) is 5.54 Å². The van der Waals surface area contributed by atoms with Crippen LogP contribution in [0.5, 0.6) is 0 Å². The van der Waals surface area contributed by atoms with Crippen LogP contribution in [0.15, 0.2) is 18.2 Å². The third kappa shape index (κ3) is 2.65. The van der Waals surface area contributed by atoms with Crippen LogP contribution >= 0.6 is 0 Å². The van der Waals surface area contributed by atoms with Gasteiger partial charge in [0, 0.05) is 17.2 Å². The fourth-order valence-electron chi connectivity index (χ4n) is 3.24. The van der Waals surface area contributed by atoms with E-state index in [1.54, 1.807) is 0 Å². The second kappa shape index (κ2) is 5.55. The minimum absolute atomic E-state index is 0.225. The molecule has 1 aromatic carbocycles. The van der Waals surface area contributed by atoms with Crippen LogP contribution in [0.1, 0.15) is 43.7 Å². The maximum absolute atomic E-state index is 14.0. The molecule has 106 valence electrons. The van der Waals surface area contributed by atoms with Gasteiger partial charge in [0.05, 0.1) is 6.04 Å². The van der Waals surface area contributed by atoms with Gasteiger partial charge in [0.25, 0.3) is 0 Å². The van der Waals surface area contributed by atoms with Crippen molar-refractivity contribution in [3.8, 4) is 0 Å². The quantitative estimate of drug-likeness (QED) is 0.912. The van der Waals surface area contributed by atoms with E-state index in [4.69, 9.17) is 5.73 Å². The number of benzene rings is 1. The summed E-state index contributed by atoms with van der Waals surface area (Å²) in [5.74, 6) is -1.10. The second-order valence-corrected chi connectivity index (χ2v) is 5.70. The molecular weight excluding hydrogens is 246 g/mol. The van der Waals surface area contributed by atoms with Gasteiger partial charge in [0.2, 0.25) is 0 Å². The lowest BCUT2D eigenvalue weighted by Gasteiger charge is -2.47. The van der Waals surface area contributed by atoms with Gasteiger partial charge < -0.3 is 10.6 Å². The molecule has 1 unspecified atom stereocenters. The largest absolute Gasteiger partial charge is 0.322 e. The lowest BCUT2D eigenvalue weighted by Crippen LogP contribution is -2.53. The van der Waals surface area contributed by atoms with Crippen LogP contribution in [0, 0.1) is 11.6 Å². The Hall–Kier alpha value is -1.00. The monoisotopic (exact) mass is 268 g/mol. The molecule has 2 N–H and O–H groups in total.